The van der Waals surface area contributed by atoms with Gasteiger partial charge < -0.3 is 15.6 Å². The topological polar surface area (TPSA) is 64.1 Å². The number of aromatic nitrogens is 1. The summed E-state index contributed by atoms with van der Waals surface area (Å²) in [7, 11) is 0. The first kappa shape index (κ1) is 8.56. The predicted molar refractivity (Wildman–Crippen MR) is 50.3 cm³/mol. The highest BCUT2D eigenvalue weighted by atomic mass is 16.5. The quantitative estimate of drug-likeness (QED) is 0.712. The maximum Gasteiger partial charge on any atom is 0.222 e. The minimum atomic E-state index is 0.408. The van der Waals surface area contributed by atoms with Gasteiger partial charge in [-0.05, 0) is 19.4 Å². The summed E-state index contributed by atoms with van der Waals surface area (Å²) < 4.78 is 4.81. The van der Waals surface area contributed by atoms with Crippen LogP contribution in [0.4, 0.5) is 5.88 Å². The van der Waals surface area contributed by atoms with Gasteiger partial charge in [0.25, 0.3) is 0 Å². The summed E-state index contributed by atoms with van der Waals surface area (Å²) in [4.78, 5) is 0. The van der Waals surface area contributed by atoms with Gasteiger partial charge in [-0.25, -0.2) is 0 Å². The van der Waals surface area contributed by atoms with Crippen LogP contribution in [0.15, 0.2) is 10.6 Å². The van der Waals surface area contributed by atoms with E-state index in [0.29, 0.717) is 11.9 Å². The van der Waals surface area contributed by atoms with Crippen molar-refractivity contribution >= 4 is 5.88 Å². The Morgan fingerprint density at radius 1 is 1.62 bits per heavy atom. The highest BCUT2D eigenvalue weighted by Gasteiger charge is 2.14. The zero-order valence-corrected chi connectivity index (χ0v) is 7.62. The minimum Gasteiger partial charge on any atom is -0.368 e. The molecule has 1 aliphatic heterocycles. The molecule has 0 aliphatic carbocycles. The van der Waals surface area contributed by atoms with Crippen LogP contribution in [0.25, 0.3) is 0 Å². The van der Waals surface area contributed by atoms with E-state index in [9.17, 15) is 0 Å². The highest BCUT2D eigenvalue weighted by molar-refractivity contribution is 5.24. The van der Waals surface area contributed by atoms with E-state index in [1.807, 2.05) is 0 Å². The summed E-state index contributed by atoms with van der Waals surface area (Å²) in [5, 5.41) is 7.32. The SMILES string of the molecule is Nc1cc(CC2CCCCN2)no1. The summed E-state index contributed by atoms with van der Waals surface area (Å²) in [6.45, 7) is 1.12. The van der Waals surface area contributed by atoms with Crippen molar-refractivity contribution in [3.05, 3.63) is 11.8 Å². The summed E-state index contributed by atoms with van der Waals surface area (Å²) >= 11 is 0. The molecule has 0 spiro atoms. The van der Waals surface area contributed by atoms with Crippen molar-refractivity contribution in [2.24, 2.45) is 0 Å². The average Bonchev–Trinajstić information content (AvgIpc) is 2.53. The van der Waals surface area contributed by atoms with Crippen molar-refractivity contribution in [2.45, 2.75) is 31.7 Å². The van der Waals surface area contributed by atoms with Gasteiger partial charge in [0.1, 0.15) is 0 Å². The summed E-state index contributed by atoms with van der Waals surface area (Å²) in [5.41, 5.74) is 6.39. The van der Waals surface area contributed by atoms with Crippen LogP contribution < -0.4 is 11.1 Å². The van der Waals surface area contributed by atoms with E-state index in [1.165, 1.54) is 19.3 Å². The maximum absolute atomic E-state index is 5.43. The van der Waals surface area contributed by atoms with Gasteiger partial charge in [0.2, 0.25) is 5.88 Å². The zero-order valence-electron chi connectivity index (χ0n) is 7.62. The van der Waals surface area contributed by atoms with E-state index in [0.717, 1.165) is 18.7 Å². The summed E-state index contributed by atoms with van der Waals surface area (Å²) in [6.07, 6.45) is 4.76. The molecule has 0 radical (unpaired) electrons. The molecule has 1 fully saturated rings. The Balaban J connectivity index is 1.89. The number of piperidine rings is 1. The van der Waals surface area contributed by atoms with Crippen molar-refractivity contribution < 1.29 is 4.52 Å². The van der Waals surface area contributed by atoms with E-state index in [1.54, 1.807) is 6.07 Å². The van der Waals surface area contributed by atoms with Crippen LogP contribution in [-0.4, -0.2) is 17.7 Å². The average molecular weight is 181 g/mol. The van der Waals surface area contributed by atoms with Crippen LogP contribution >= 0.6 is 0 Å². The molecule has 13 heavy (non-hydrogen) atoms. The van der Waals surface area contributed by atoms with E-state index >= 15 is 0 Å². The smallest absolute Gasteiger partial charge is 0.222 e. The molecular formula is C9H15N3O. The summed E-state index contributed by atoms with van der Waals surface area (Å²) in [5.74, 6) is 0.408. The van der Waals surface area contributed by atoms with Crippen LogP contribution in [0.1, 0.15) is 25.0 Å². The number of nitrogens with zero attached hydrogens (tertiary/aromatic N) is 1. The molecule has 1 aromatic rings. The second-order valence-electron chi connectivity index (χ2n) is 3.57. The lowest BCUT2D eigenvalue weighted by Gasteiger charge is -2.22. The normalized spacial score (nSPS) is 23.2. The van der Waals surface area contributed by atoms with Crippen LogP contribution in [0.2, 0.25) is 0 Å². The lowest BCUT2D eigenvalue weighted by Crippen LogP contribution is -2.35. The summed E-state index contributed by atoms with van der Waals surface area (Å²) in [6, 6.07) is 2.36. The molecule has 0 bridgehead atoms. The van der Waals surface area contributed by atoms with Gasteiger partial charge in [-0.1, -0.05) is 11.6 Å². The molecule has 1 saturated heterocycles. The number of anilines is 1. The Hall–Kier alpha value is -1.03. The first-order valence-electron chi connectivity index (χ1n) is 4.79. The second kappa shape index (κ2) is 3.79. The molecule has 2 heterocycles. The van der Waals surface area contributed by atoms with Crippen molar-refractivity contribution in [1.29, 1.82) is 0 Å². The van der Waals surface area contributed by atoms with E-state index in [2.05, 4.69) is 10.5 Å². The third-order valence-corrected chi connectivity index (χ3v) is 2.45. The van der Waals surface area contributed by atoms with Gasteiger partial charge in [-0.15, -0.1) is 0 Å². The number of nitrogen functional groups attached to an aromatic ring is 1. The van der Waals surface area contributed by atoms with Crippen LogP contribution in [0, 0.1) is 0 Å². The number of nitrogens with two attached hydrogens (primary N) is 1. The van der Waals surface area contributed by atoms with Crippen LogP contribution in [0.3, 0.4) is 0 Å². The zero-order chi connectivity index (χ0) is 9.10. The molecule has 72 valence electrons. The number of hydrogen-bond acceptors (Lipinski definition) is 4. The fraction of sp³-hybridized carbons (Fsp3) is 0.667. The van der Waals surface area contributed by atoms with Gasteiger partial charge in [-0.3, -0.25) is 0 Å². The molecule has 2 rings (SSSR count). The van der Waals surface area contributed by atoms with Crippen LogP contribution in [0.5, 0.6) is 0 Å². The Bertz CT molecular complexity index is 266. The monoisotopic (exact) mass is 181 g/mol. The Kier molecular flexibility index (Phi) is 2.49. The van der Waals surface area contributed by atoms with Crippen molar-refractivity contribution in [3.8, 4) is 0 Å². The Morgan fingerprint density at radius 2 is 2.54 bits per heavy atom. The standard InChI is InChI=1S/C9H15N3O/c10-9-6-8(12-13-9)5-7-3-1-2-4-11-7/h6-7,11H,1-5,10H2. The minimum absolute atomic E-state index is 0.408. The molecule has 0 aromatic carbocycles. The third-order valence-electron chi connectivity index (χ3n) is 2.45. The van der Waals surface area contributed by atoms with Crippen molar-refractivity contribution in [2.75, 3.05) is 12.3 Å². The van der Waals surface area contributed by atoms with Crippen molar-refractivity contribution in [3.63, 3.8) is 0 Å². The molecule has 0 saturated carbocycles. The molecule has 1 aromatic heterocycles. The molecular weight excluding hydrogens is 166 g/mol. The third kappa shape index (κ3) is 2.21. The van der Waals surface area contributed by atoms with Gasteiger partial charge in [0.05, 0.1) is 5.69 Å². The lowest BCUT2D eigenvalue weighted by molar-refractivity contribution is 0.381. The lowest BCUT2D eigenvalue weighted by atomic mass is 10.0. The molecule has 3 N–H and O–H groups in total. The molecule has 4 heteroatoms. The molecule has 0 amide bonds. The molecule has 1 unspecified atom stereocenters. The van der Waals surface area contributed by atoms with Gasteiger partial charge in [0, 0.05) is 18.5 Å². The number of rotatable bonds is 2. The van der Waals surface area contributed by atoms with E-state index in [-0.39, 0.29) is 0 Å². The first-order chi connectivity index (χ1) is 6.34. The van der Waals surface area contributed by atoms with Gasteiger partial charge in [-0.2, -0.15) is 0 Å². The Morgan fingerprint density at radius 3 is 3.15 bits per heavy atom. The van der Waals surface area contributed by atoms with E-state index < -0.39 is 0 Å². The second-order valence-corrected chi connectivity index (χ2v) is 3.57. The van der Waals surface area contributed by atoms with Crippen molar-refractivity contribution in [1.82, 2.24) is 10.5 Å². The van der Waals surface area contributed by atoms with E-state index in [4.69, 9.17) is 10.3 Å². The number of hydrogen-bond donors (Lipinski definition) is 2. The largest absolute Gasteiger partial charge is 0.368 e. The molecule has 1 aliphatic rings. The predicted octanol–water partition coefficient (Wildman–Crippen LogP) is 0.941. The fourth-order valence-electron chi connectivity index (χ4n) is 1.78. The van der Waals surface area contributed by atoms with Gasteiger partial charge in [0.15, 0.2) is 0 Å². The van der Waals surface area contributed by atoms with Gasteiger partial charge >= 0.3 is 0 Å². The first-order valence-corrected chi connectivity index (χ1v) is 4.79. The molecule has 4 nitrogen and oxygen atoms in total. The molecule has 1 atom stereocenters. The Labute approximate surface area is 77.5 Å². The highest BCUT2D eigenvalue weighted by Crippen LogP contribution is 2.13. The maximum atomic E-state index is 5.43. The fourth-order valence-corrected chi connectivity index (χ4v) is 1.78. The van der Waals surface area contributed by atoms with Crippen LogP contribution in [-0.2, 0) is 6.42 Å². The number of nitrogens with one attached hydrogen (secondary N) is 1.